The first-order valence-electron chi connectivity index (χ1n) is 8.90. The Bertz CT molecular complexity index is 913. The van der Waals surface area contributed by atoms with Crippen LogP contribution in [-0.4, -0.2) is 23.7 Å². The van der Waals surface area contributed by atoms with Gasteiger partial charge in [0.1, 0.15) is 12.8 Å². The fourth-order valence-electron chi connectivity index (χ4n) is 3.20. The van der Waals surface area contributed by atoms with E-state index in [4.69, 9.17) is 9.57 Å². The van der Waals surface area contributed by atoms with Gasteiger partial charge in [-0.25, -0.2) is 9.97 Å². The summed E-state index contributed by atoms with van der Waals surface area (Å²) in [4.78, 5) is 13.4. The van der Waals surface area contributed by atoms with Crippen LogP contribution >= 0.6 is 0 Å². The van der Waals surface area contributed by atoms with Gasteiger partial charge in [0.2, 0.25) is 5.88 Å². The molecule has 0 radical (unpaired) electrons. The monoisotopic (exact) mass is 338 g/mol. The first kappa shape index (κ1) is 15.9. The van der Waals surface area contributed by atoms with Crippen molar-refractivity contribution < 1.29 is 14.3 Å². The Balaban J connectivity index is 1.87. The fourth-order valence-corrected chi connectivity index (χ4v) is 3.20. The number of aromatic nitrogens is 3. The van der Waals surface area contributed by atoms with E-state index in [1.807, 2.05) is 19.3 Å². The number of H-pyrrole nitrogens is 1. The molecule has 3 heterocycles. The molecule has 4 rings (SSSR count). The van der Waals surface area contributed by atoms with E-state index in [2.05, 4.69) is 35.1 Å². The molecule has 1 aliphatic rings. The summed E-state index contributed by atoms with van der Waals surface area (Å²) in [5.41, 5.74) is 5.33. The van der Waals surface area contributed by atoms with Gasteiger partial charge in [0.25, 0.3) is 0 Å². The van der Waals surface area contributed by atoms with Crippen molar-refractivity contribution >= 4 is 11.0 Å². The zero-order chi connectivity index (χ0) is 17.4. The predicted octanol–water partition coefficient (Wildman–Crippen LogP) is 3.24. The number of nitrogens with one attached hydrogen (secondary N) is 1. The third-order valence-corrected chi connectivity index (χ3v) is 4.83. The molecule has 0 bridgehead atoms. The van der Waals surface area contributed by atoms with Crippen molar-refractivity contribution in [2.75, 3.05) is 13.7 Å². The summed E-state index contributed by atoms with van der Waals surface area (Å²) < 4.78 is 7.88. The number of aromatic amines is 1. The van der Waals surface area contributed by atoms with Crippen molar-refractivity contribution in [2.24, 2.45) is 5.92 Å². The molecule has 3 aromatic rings. The molecule has 1 fully saturated rings. The van der Waals surface area contributed by atoms with Gasteiger partial charge in [-0.1, -0.05) is 6.92 Å². The van der Waals surface area contributed by atoms with Gasteiger partial charge in [0.15, 0.2) is 0 Å². The molecule has 0 aliphatic heterocycles. The molecule has 0 spiro atoms. The van der Waals surface area contributed by atoms with E-state index < -0.39 is 0 Å². The largest absolute Gasteiger partial charge is 0.477 e. The SMILES string of the molecule is CCc1cnc(OCC2CC2)c(-c2cc(C)[n+](OC)c3[nH]ccc23)c1. The average Bonchev–Trinajstić information content (AvgIpc) is 3.34. The van der Waals surface area contributed by atoms with Gasteiger partial charge in [-0.3, -0.25) is 0 Å². The van der Waals surface area contributed by atoms with Gasteiger partial charge in [0, 0.05) is 24.2 Å². The van der Waals surface area contributed by atoms with E-state index in [1.54, 1.807) is 11.8 Å². The fraction of sp³-hybridized carbons (Fsp3) is 0.400. The number of rotatable bonds is 6. The van der Waals surface area contributed by atoms with Crippen LogP contribution in [0.25, 0.3) is 22.2 Å². The number of aryl methyl sites for hydroxylation is 2. The predicted molar refractivity (Wildman–Crippen MR) is 96.6 cm³/mol. The highest BCUT2D eigenvalue weighted by molar-refractivity contribution is 5.93. The summed E-state index contributed by atoms with van der Waals surface area (Å²) >= 11 is 0. The van der Waals surface area contributed by atoms with E-state index in [0.717, 1.165) is 46.8 Å². The lowest BCUT2D eigenvalue weighted by Gasteiger charge is -2.13. The van der Waals surface area contributed by atoms with Crippen molar-refractivity contribution in [3.05, 3.63) is 41.9 Å². The van der Waals surface area contributed by atoms with Crippen LogP contribution in [0.4, 0.5) is 0 Å². The van der Waals surface area contributed by atoms with Crippen LogP contribution < -0.4 is 14.3 Å². The maximum atomic E-state index is 6.08. The minimum atomic E-state index is 0.695. The lowest BCUT2D eigenvalue weighted by Crippen LogP contribution is -2.44. The maximum Gasteiger partial charge on any atom is 0.326 e. The Labute approximate surface area is 147 Å². The number of nitrogens with zero attached hydrogens (tertiary/aromatic N) is 2. The van der Waals surface area contributed by atoms with E-state index in [9.17, 15) is 0 Å². The number of hydrogen-bond donors (Lipinski definition) is 1. The summed E-state index contributed by atoms with van der Waals surface area (Å²) in [6.45, 7) is 4.94. The molecule has 0 atom stereocenters. The van der Waals surface area contributed by atoms with E-state index in [-0.39, 0.29) is 0 Å². The standard InChI is InChI=1S/C20H23N3O2/c1-4-14-10-18(20(22-11-14)25-12-15-5-6-15)17-9-13(2)23(24-3)19-16(17)7-8-21-19/h7-11,15H,4-6,12H2,1-3H3/p+1. The minimum absolute atomic E-state index is 0.695. The van der Waals surface area contributed by atoms with Gasteiger partial charge in [0.05, 0.1) is 18.2 Å². The van der Waals surface area contributed by atoms with Crippen molar-refractivity contribution in [2.45, 2.75) is 33.1 Å². The smallest absolute Gasteiger partial charge is 0.326 e. The first-order chi connectivity index (χ1) is 12.2. The molecule has 1 N–H and O–H groups in total. The lowest BCUT2D eigenvalue weighted by molar-refractivity contribution is -0.870. The van der Waals surface area contributed by atoms with E-state index in [1.165, 1.54) is 18.4 Å². The molecule has 3 aromatic heterocycles. The minimum Gasteiger partial charge on any atom is -0.477 e. The van der Waals surface area contributed by atoms with Crippen LogP contribution in [0.5, 0.6) is 5.88 Å². The van der Waals surface area contributed by atoms with Crippen molar-refractivity contribution in [1.29, 1.82) is 0 Å². The van der Waals surface area contributed by atoms with Crippen LogP contribution in [0.15, 0.2) is 30.6 Å². The lowest BCUT2D eigenvalue weighted by atomic mass is 10.0. The zero-order valence-corrected chi connectivity index (χ0v) is 15.0. The van der Waals surface area contributed by atoms with Gasteiger partial charge in [-0.15, -0.1) is 0 Å². The molecule has 0 saturated heterocycles. The highest BCUT2D eigenvalue weighted by atomic mass is 16.6. The summed E-state index contributed by atoms with van der Waals surface area (Å²) in [5.74, 6) is 1.42. The first-order valence-corrected chi connectivity index (χ1v) is 8.90. The Kier molecular flexibility index (Phi) is 4.07. The van der Waals surface area contributed by atoms with Crippen LogP contribution in [-0.2, 0) is 6.42 Å². The summed E-state index contributed by atoms with van der Waals surface area (Å²) in [6.07, 6.45) is 7.34. The van der Waals surface area contributed by atoms with E-state index >= 15 is 0 Å². The molecule has 25 heavy (non-hydrogen) atoms. The normalized spacial score (nSPS) is 14.0. The highest BCUT2D eigenvalue weighted by Gasteiger charge is 2.24. The van der Waals surface area contributed by atoms with Crippen LogP contribution in [0, 0.1) is 12.8 Å². The second-order valence-corrected chi connectivity index (χ2v) is 6.72. The van der Waals surface area contributed by atoms with Crippen LogP contribution in [0.1, 0.15) is 31.0 Å². The van der Waals surface area contributed by atoms with Crippen molar-refractivity contribution in [3.63, 3.8) is 0 Å². The van der Waals surface area contributed by atoms with E-state index in [0.29, 0.717) is 5.92 Å². The van der Waals surface area contributed by atoms with Crippen molar-refractivity contribution in [3.8, 4) is 17.0 Å². The third kappa shape index (κ3) is 2.95. The second-order valence-electron chi connectivity index (χ2n) is 6.72. The highest BCUT2D eigenvalue weighted by Crippen LogP contribution is 2.36. The third-order valence-electron chi connectivity index (χ3n) is 4.83. The van der Waals surface area contributed by atoms with Gasteiger partial charge >= 0.3 is 5.65 Å². The zero-order valence-electron chi connectivity index (χ0n) is 15.0. The molecule has 1 saturated carbocycles. The summed E-state index contributed by atoms with van der Waals surface area (Å²) in [5, 5.41) is 1.10. The van der Waals surface area contributed by atoms with Gasteiger partial charge in [-0.2, -0.15) is 0 Å². The summed E-state index contributed by atoms with van der Waals surface area (Å²) in [7, 11) is 1.68. The molecule has 0 unspecified atom stereocenters. The molecule has 130 valence electrons. The molecular weight excluding hydrogens is 314 g/mol. The Morgan fingerprint density at radius 3 is 2.84 bits per heavy atom. The molecule has 0 amide bonds. The molecule has 5 nitrogen and oxygen atoms in total. The second kappa shape index (κ2) is 6.39. The average molecular weight is 338 g/mol. The van der Waals surface area contributed by atoms with Crippen LogP contribution in [0.2, 0.25) is 0 Å². The molecule has 0 aromatic carbocycles. The molecule has 1 aliphatic carbocycles. The number of ether oxygens (including phenoxy) is 1. The number of pyridine rings is 2. The number of hydrogen-bond acceptors (Lipinski definition) is 3. The Morgan fingerprint density at radius 1 is 1.28 bits per heavy atom. The topological polar surface area (TPSA) is 51.0 Å². The Morgan fingerprint density at radius 2 is 2.12 bits per heavy atom. The molecular formula is C20H24N3O2+. The van der Waals surface area contributed by atoms with Gasteiger partial charge in [-0.05, 0) is 53.7 Å². The Hall–Kier alpha value is -2.56. The van der Waals surface area contributed by atoms with Gasteiger partial charge < -0.3 is 9.57 Å². The maximum absolute atomic E-state index is 6.08. The molecule has 5 heteroatoms. The summed E-state index contributed by atoms with van der Waals surface area (Å²) in [6, 6.07) is 6.41. The van der Waals surface area contributed by atoms with Crippen LogP contribution in [0.3, 0.4) is 0 Å². The van der Waals surface area contributed by atoms with Crippen molar-refractivity contribution in [1.82, 2.24) is 9.97 Å². The number of fused-ring (bicyclic) bond motifs is 1. The quantitative estimate of drug-likeness (QED) is 0.702.